The summed E-state index contributed by atoms with van der Waals surface area (Å²) in [7, 11) is -3.47. The highest BCUT2D eigenvalue weighted by Crippen LogP contribution is 2.24. The molecule has 1 aromatic heterocycles. The molecule has 1 aliphatic heterocycles. The van der Waals surface area contributed by atoms with Crippen molar-refractivity contribution in [2.24, 2.45) is 5.92 Å². The van der Waals surface area contributed by atoms with Gasteiger partial charge in [0.2, 0.25) is 10.0 Å². The Morgan fingerprint density at radius 3 is 2.88 bits per heavy atom. The Morgan fingerprint density at radius 2 is 2.29 bits per heavy atom. The van der Waals surface area contributed by atoms with Crippen LogP contribution in [0.15, 0.2) is 27.8 Å². The van der Waals surface area contributed by atoms with Gasteiger partial charge < -0.3 is 5.11 Å². The lowest BCUT2D eigenvalue weighted by Gasteiger charge is -2.16. The molecule has 94 valence electrons. The molecule has 0 aliphatic carbocycles. The van der Waals surface area contributed by atoms with E-state index >= 15 is 0 Å². The maximum Gasteiger partial charge on any atom is 0.244 e. The quantitative estimate of drug-likeness (QED) is 0.896. The van der Waals surface area contributed by atoms with Gasteiger partial charge in [0.1, 0.15) is 4.90 Å². The smallest absolute Gasteiger partial charge is 0.244 e. The summed E-state index contributed by atoms with van der Waals surface area (Å²) in [4.78, 5) is 4.04. The second-order valence-electron chi connectivity index (χ2n) is 4.04. The van der Waals surface area contributed by atoms with Crippen LogP contribution in [0, 0.1) is 5.92 Å². The van der Waals surface area contributed by atoms with Crippen molar-refractivity contribution in [3.63, 3.8) is 0 Å². The van der Waals surface area contributed by atoms with E-state index in [2.05, 4.69) is 20.9 Å². The maximum absolute atomic E-state index is 12.2. The van der Waals surface area contributed by atoms with Crippen molar-refractivity contribution < 1.29 is 13.5 Å². The predicted octanol–water partition coefficient (Wildman–Crippen LogP) is 0.847. The lowest BCUT2D eigenvalue weighted by atomic mass is 10.1. The van der Waals surface area contributed by atoms with Crippen LogP contribution in [0.1, 0.15) is 6.42 Å². The summed E-state index contributed by atoms with van der Waals surface area (Å²) in [5, 5.41) is 9.02. The number of hydrogen-bond acceptors (Lipinski definition) is 4. The zero-order valence-electron chi connectivity index (χ0n) is 9.08. The first kappa shape index (κ1) is 12.9. The summed E-state index contributed by atoms with van der Waals surface area (Å²) in [5.74, 6) is 0.0462. The molecule has 0 spiro atoms. The minimum Gasteiger partial charge on any atom is -0.396 e. The average molecular weight is 321 g/mol. The third kappa shape index (κ3) is 2.67. The van der Waals surface area contributed by atoms with E-state index in [9.17, 15) is 8.42 Å². The van der Waals surface area contributed by atoms with Gasteiger partial charge in [0.25, 0.3) is 0 Å². The van der Waals surface area contributed by atoms with Crippen molar-refractivity contribution in [1.82, 2.24) is 9.29 Å². The van der Waals surface area contributed by atoms with Crippen molar-refractivity contribution in [3.05, 3.63) is 22.9 Å². The van der Waals surface area contributed by atoms with Crippen LogP contribution in [-0.2, 0) is 10.0 Å². The molecule has 0 aromatic carbocycles. The van der Waals surface area contributed by atoms with Gasteiger partial charge in [-0.25, -0.2) is 8.42 Å². The van der Waals surface area contributed by atoms with E-state index in [0.717, 1.165) is 0 Å². The number of pyridine rings is 1. The zero-order valence-corrected chi connectivity index (χ0v) is 11.5. The Bertz CT molecular complexity index is 506. The van der Waals surface area contributed by atoms with E-state index in [0.29, 0.717) is 24.0 Å². The first-order valence-electron chi connectivity index (χ1n) is 5.25. The molecule has 1 aliphatic rings. The molecule has 1 atom stereocenters. The Labute approximate surface area is 109 Å². The predicted molar refractivity (Wildman–Crippen MR) is 65.9 cm³/mol. The number of aliphatic hydroxyl groups is 1. The highest BCUT2D eigenvalue weighted by Gasteiger charge is 2.32. The summed E-state index contributed by atoms with van der Waals surface area (Å²) in [6.45, 7) is 0.869. The molecule has 1 fully saturated rings. The molecule has 0 unspecified atom stereocenters. The number of rotatable bonds is 3. The molecule has 0 amide bonds. The minimum absolute atomic E-state index is 0.0305. The lowest BCUT2D eigenvalue weighted by Crippen LogP contribution is -2.29. The first-order chi connectivity index (χ1) is 8.04. The van der Waals surface area contributed by atoms with Gasteiger partial charge in [-0.1, -0.05) is 0 Å². The van der Waals surface area contributed by atoms with Gasteiger partial charge in [0.05, 0.1) is 0 Å². The van der Waals surface area contributed by atoms with Gasteiger partial charge in [-0.3, -0.25) is 4.98 Å². The summed E-state index contributed by atoms with van der Waals surface area (Å²) < 4.78 is 26.5. The highest BCUT2D eigenvalue weighted by atomic mass is 79.9. The van der Waals surface area contributed by atoms with Crippen LogP contribution < -0.4 is 0 Å². The Balaban J connectivity index is 2.25. The average Bonchev–Trinajstić information content (AvgIpc) is 2.78. The van der Waals surface area contributed by atoms with Gasteiger partial charge in [-0.2, -0.15) is 4.31 Å². The van der Waals surface area contributed by atoms with E-state index in [1.807, 2.05) is 0 Å². The molecule has 0 radical (unpaired) electrons. The van der Waals surface area contributed by atoms with Crippen LogP contribution >= 0.6 is 15.9 Å². The van der Waals surface area contributed by atoms with Crippen molar-refractivity contribution in [2.75, 3.05) is 19.7 Å². The van der Waals surface area contributed by atoms with Crippen molar-refractivity contribution in [3.8, 4) is 0 Å². The first-order valence-corrected chi connectivity index (χ1v) is 7.49. The third-order valence-corrected chi connectivity index (χ3v) is 5.09. The molecule has 2 heterocycles. The SMILES string of the molecule is O=S(=O)(c1cncc(Br)c1)N1CC[C@@H](CO)C1. The van der Waals surface area contributed by atoms with E-state index in [1.54, 1.807) is 6.20 Å². The molecular weight excluding hydrogens is 308 g/mol. The standard InChI is InChI=1S/C10H13BrN2O3S/c11-9-3-10(5-12-4-9)17(15,16)13-2-1-8(6-13)7-14/h3-5,8,14H,1-2,6-7H2/t8-/m1/s1. The van der Waals surface area contributed by atoms with Gasteiger partial charge in [0.15, 0.2) is 0 Å². The topological polar surface area (TPSA) is 70.5 Å². The number of aliphatic hydroxyl groups excluding tert-OH is 1. The molecule has 0 saturated carbocycles. The van der Waals surface area contributed by atoms with Gasteiger partial charge in [-0.05, 0) is 34.3 Å². The number of sulfonamides is 1. The number of nitrogens with zero attached hydrogens (tertiary/aromatic N) is 2. The molecule has 1 aromatic rings. The molecule has 1 saturated heterocycles. The fourth-order valence-corrected chi connectivity index (χ4v) is 3.88. The largest absolute Gasteiger partial charge is 0.396 e. The summed E-state index contributed by atoms with van der Waals surface area (Å²) in [5.41, 5.74) is 0. The molecule has 5 nitrogen and oxygen atoms in total. The van der Waals surface area contributed by atoms with Gasteiger partial charge >= 0.3 is 0 Å². The highest BCUT2D eigenvalue weighted by molar-refractivity contribution is 9.10. The van der Waals surface area contributed by atoms with Gasteiger partial charge in [-0.15, -0.1) is 0 Å². The van der Waals surface area contributed by atoms with E-state index in [4.69, 9.17) is 5.11 Å². The second-order valence-corrected chi connectivity index (χ2v) is 6.89. The van der Waals surface area contributed by atoms with Crippen LogP contribution in [0.25, 0.3) is 0 Å². The van der Waals surface area contributed by atoms with Crippen LogP contribution in [0.3, 0.4) is 0 Å². The van der Waals surface area contributed by atoms with Crippen molar-refractivity contribution in [2.45, 2.75) is 11.3 Å². The van der Waals surface area contributed by atoms with Crippen LogP contribution in [0.4, 0.5) is 0 Å². The van der Waals surface area contributed by atoms with Crippen LogP contribution in [0.2, 0.25) is 0 Å². The maximum atomic E-state index is 12.2. The Hall–Kier alpha value is -0.500. The lowest BCUT2D eigenvalue weighted by molar-refractivity contribution is 0.233. The van der Waals surface area contributed by atoms with Crippen molar-refractivity contribution >= 4 is 26.0 Å². The monoisotopic (exact) mass is 320 g/mol. The van der Waals surface area contributed by atoms with E-state index in [-0.39, 0.29) is 17.4 Å². The van der Waals surface area contributed by atoms with Gasteiger partial charge in [0, 0.05) is 36.6 Å². The fourth-order valence-electron chi connectivity index (χ4n) is 1.85. The minimum atomic E-state index is -3.47. The summed E-state index contributed by atoms with van der Waals surface area (Å²) >= 11 is 3.20. The summed E-state index contributed by atoms with van der Waals surface area (Å²) in [6.07, 6.45) is 3.59. The zero-order chi connectivity index (χ0) is 12.5. The summed E-state index contributed by atoms with van der Waals surface area (Å²) in [6, 6.07) is 1.54. The fraction of sp³-hybridized carbons (Fsp3) is 0.500. The molecule has 1 N–H and O–H groups in total. The Morgan fingerprint density at radius 1 is 1.53 bits per heavy atom. The number of hydrogen-bond donors (Lipinski definition) is 1. The second kappa shape index (κ2) is 5.01. The number of aromatic nitrogens is 1. The van der Waals surface area contributed by atoms with Crippen LogP contribution in [0.5, 0.6) is 0 Å². The molecular formula is C10H13BrN2O3S. The Kier molecular flexibility index (Phi) is 3.82. The van der Waals surface area contributed by atoms with E-state index < -0.39 is 10.0 Å². The van der Waals surface area contributed by atoms with E-state index in [1.165, 1.54) is 16.6 Å². The molecule has 2 rings (SSSR count). The normalized spacial score (nSPS) is 21.9. The number of halogens is 1. The van der Waals surface area contributed by atoms with Crippen molar-refractivity contribution in [1.29, 1.82) is 0 Å². The molecule has 7 heteroatoms. The third-order valence-electron chi connectivity index (χ3n) is 2.82. The molecule has 17 heavy (non-hydrogen) atoms. The van der Waals surface area contributed by atoms with Crippen LogP contribution in [-0.4, -0.2) is 42.5 Å². The molecule has 0 bridgehead atoms.